The Hall–Kier alpha value is -4.25. The molecule has 1 aliphatic rings. The van der Waals surface area contributed by atoms with E-state index in [1.54, 1.807) is 36.4 Å². The van der Waals surface area contributed by atoms with Crippen LogP contribution < -0.4 is 10.6 Å². The third-order valence-electron chi connectivity index (χ3n) is 5.65. The fraction of sp³-hybridized carbons (Fsp3) is 0.200. The number of non-ortho nitro benzene ring substituents is 1. The van der Waals surface area contributed by atoms with Gasteiger partial charge in [0.15, 0.2) is 9.84 Å². The molecule has 2 N–H and O–H groups in total. The van der Waals surface area contributed by atoms with Gasteiger partial charge in [-0.3, -0.25) is 19.7 Å². The Labute approximate surface area is 207 Å². The van der Waals surface area contributed by atoms with Gasteiger partial charge in [0.2, 0.25) is 0 Å². The first-order chi connectivity index (χ1) is 17.1. The fourth-order valence-electron chi connectivity index (χ4n) is 3.71. The summed E-state index contributed by atoms with van der Waals surface area (Å²) in [7, 11) is -3.21. The molecular formula is C25H23N3O7S. The first kappa shape index (κ1) is 24.9. The molecule has 0 unspecified atom stereocenters. The van der Waals surface area contributed by atoms with Gasteiger partial charge in [0.1, 0.15) is 17.2 Å². The summed E-state index contributed by atoms with van der Waals surface area (Å²) in [5.41, 5.74) is 1.73. The van der Waals surface area contributed by atoms with Crippen LogP contribution in [-0.2, 0) is 14.6 Å². The molecule has 1 fully saturated rings. The van der Waals surface area contributed by atoms with Crippen LogP contribution in [0, 0.1) is 17.0 Å². The molecule has 1 aliphatic heterocycles. The molecule has 2 heterocycles. The van der Waals surface area contributed by atoms with Gasteiger partial charge in [0.25, 0.3) is 17.5 Å². The van der Waals surface area contributed by atoms with Crippen LogP contribution in [0.3, 0.4) is 0 Å². The van der Waals surface area contributed by atoms with Crippen LogP contribution in [-0.4, -0.2) is 42.7 Å². The molecule has 1 atom stereocenters. The minimum absolute atomic E-state index is 0.0104. The summed E-state index contributed by atoms with van der Waals surface area (Å²) < 4.78 is 29.3. The van der Waals surface area contributed by atoms with E-state index in [0.717, 1.165) is 5.56 Å². The Morgan fingerprint density at radius 1 is 1.06 bits per heavy atom. The Balaban J connectivity index is 1.59. The van der Waals surface area contributed by atoms with Gasteiger partial charge < -0.3 is 15.1 Å². The number of furan rings is 1. The maximum absolute atomic E-state index is 13.0. The number of rotatable bonds is 7. The molecule has 2 amide bonds. The van der Waals surface area contributed by atoms with Gasteiger partial charge in [0, 0.05) is 35.4 Å². The number of nitro benzene ring substituents is 1. The third kappa shape index (κ3) is 6.05. The number of benzene rings is 2. The lowest BCUT2D eigenvalue weighted by molar-refractivity contribution is -0.384. The van der Waals surface area contributed by atoms with Gasteiger partial charge in [0.05, 0.1) is 16.4 Å². The number of hydrogen-bond acceptors (Lipinski definition) is 7. The van der Waals surface area contributed by atoms with E-state index < -0.39 is 32.6 Å². The predicted molar refractivity (Wildman–Crippen MR) is 133 cm³/mol. The zero-order valence-electron chi connectivity index (χ0n) is 19.3. The lowest BCUT2D eigenvalue weighted by atomic mass is 10.1. The number of amides is 2. The molecule has 0 spiro atoms. The number of nitrogens with zero attached hydrogens (tertiary/aromatic N) is 1. The Morgan fingerprint density at radius 3 is 2.36 bits per heavy atom. The normalized spacial score (nSPS) is 16.9. The van der Waals surface area contributed by atoms with Crippen molar-refractivity contribution in [1.82, 2.24) is 10.6 Å². The van der Waals surface area contributed by atoms with Crippen LogP contribution in [0.2, 0.25) is 0 Å². The number of nitrogens with one attached hydrogen (secondary N) is 2. The second-order valence-corrected chi connectivity index (χ2v) is 10.7. The van der Waals surface area contributed by atoms with Gasteiger partial charge in [-0.1, -0.05) is 17.7 Å². The highest BCUT2D eigenvalue weighted by Crippen LogP contribution is 2.25. The summed E-state index contributed by atoms with van der Waals surface area (Å²) in [5, 5.41) is 16.1. The summed E-state index contributed by atoms with van der Waals surface area (Å²) >= 11 is 0. The van der Waals surface area contributed by atoms with Crippen molar-refractivity contribution in [2.45, 2.75) is 19.4 Å². The summed E-state index contributed by atoms with van der Waals surface area (Å²) in [5.74, 6) is -0.685. The molecule has 2 aromatic carbocycles. The highest BCUT2D eigenvalue weighted by atomic mass is 32.2. The van der Waals surface area contributed by atoms with Gasteiger partial charge in [-0.05, 0) is 49.7 Å². The maximum Gasteiger partial charge on any atom is 0.269 e. The summed E-state index contributed by atoms with van der Waals surface area (Å²) in [6.07, 6.45) is 1.64. The van der Waals surface area contributed by atoms with Gasteiger partial charge in [-0.2, -0.15) is 0 Å². The summed E-state index contributed by atoms with van der Waals surface area (Å²) in [6, 6.07) is 15.2. The predicted octanol–water partition coefficient (Wildman–Crippen LogP) is 3.24. The van der Waals surface area contributed by atoms with E-state index >= 15 is 0 Å². The largest absolute Gasteiger partial charge is 0.457 e. The second-order valence-electron chi connectivity index (χ2n) is 8.46. The molecule has 0 aliphatic carbocycles. The number of carbonyl (C=O) groups excluding carboxylic acids is 2. The minimum Gasteiger partial charge on any atom is -0.457 e. The van der Waals surface area contributed by atoms with Gasteiger partial charge >= 0.3 is 0 Å². The van der Waals surface area contributed by atoms with Crippen molar-refractivity contribution in [2.24, 2.45) is 0 Å². The topological polar surface area (TPSA) is 149 Å². The van der Waals surface area contributed by atoms with E-state index in [1.165, 1.54) is 30.3 Å². The lowest BCUT2D eigenvalue weighted by Gasteiger charge is -2.14. The molecule has 0 radical (unpaired) electrons. The van der Waals surface area contributed by atoms with Crippen LogP contribution >= 0.6 is 0 Å². The van der Waals surface area contributed by atoms with Crippen LogP contribution in [0.5, 0.6) is 0 Å². The fourth-order valence-corrected chi connectivity index (χ4v) is 5.38. The van der Waals surface area contributed by atoms with Crippen LogP contribution in [0.4, 0.5) is 5.69 Å². The van der Waals surface area contributed by atoms with Crippen LogP contribution in [0.1, 0.15) is 28.1 Å². The first-order valence-electron chi connectivity index (χ1n) is 11.1. The number of nitro groups is 1. The average molecular weight is 510 g/mol. The first-order valence-corrected chi connectivity index (χ1v) is 12.9. The molecule has 11 heteroatoms. The van der Waals surface area contributed by atoms with E-state index in [1.807, 2.05) is 6.92 Å². The van der Waals surface area contributed by atoms with Gasteiger partial charge in [-0.25, -0.2) is 8.42 Å². The highest BCUT2D eigenvalue weighted by molar-refractivity contribution is 7.91. The second kappa shape index (κ2) is 10.2. The zero-order valence-corrected chi connectivity index (χ0v) is 20.1. The molecular weight excluding hydrogens is 486 g/mol. The number of aryl methyl sites for hydroxylation is 1. The third-order valence-corrected chi connectivity index (χ3v) is 7.42. The Bertz CT molecular complexity index is 1440. The highest BCUT2D eigenvalue weighted by Gasteiger charge is 2.30. The summed E-state index contributed by atoms with van der Waals surface area (Å²) in [6.45, 7) is 1.88. The smallest absolute Gasteiger partial charge is 0.269 e. The van der Waals surface area contributed by atoms with Crippen LogP contribution in [0.15, 0.2) is 70.8 Å². The monoisotopic (exact) mass is 509 g/mol. The Kier molecular flexibility index (Phi) is 7.02. The molecule has 0 bridgehead atoms. The van der Waals surface area contributed by atoms with E-state index in [4.69, 9.17) is 4.42 Å². The van der Waals surface area contributed by atoms with Crippen molar-refractivity contribution in [2.75, 3.05) is 11.5 Å². The van der Waals surface area contributed by atoms with E-state index in [-0.39, 0.29) is 35.1 Å². The molecule has 4 rings (SSSR count). The number of carbonyl (C=O) groups is 2. The maximum atomic E-state index is 13.0. The van der Waals surface area contributed by atoms with Crippen molar-refractivity contribution in [3.63, 3.8) is 0 Å². The van der Waals surface area contributed by atoms with Crippen molar-refractivity contribution >= 4 is 33.4 Å². The number of hydrogen-bond donors (Lipinski definition) is 2. The van der Waals surface area contributed by atoms with Gasteiger partial charge in [-0.15, -0.1) is 0 Å². The molecule has 1 saturated heterocycles. The quantitative estimate of drug-likeness (QED) is 0.282. The van der Waals surface area contributed by atoms with Crippen LogP contribution in [0.25, 0.3) is 17.4 Å². The molecule has 186 valence electrons. The Morgan fingerprint density at radius 2 is 1.75 bits per heavy atom. The standard InChI is InChI=1S/C25H23N3O7S/c1-16-2-4-18(5-3-16)24(29)27-22(25(30)26-19-12-13-36(33,34)15-19)14-21-10-11-23(35-21)17-6-8-20(9-7-17)28(31)32/h2-11,14,19H,12-13,15H2,1H3,(H,26,30)(H,27,29)/b22-14-/t19-/m1/s1. The molecule has 36 heavy (non-hydrogen) atoms. The van der Waals surface area contributed by atoms with Crippen molar-refractivity contribution < 1.29 is 27.3 Å². The van der Waals surface area contributed by atoms with Crippen molar-refractivity contribution in [3.8, 4) is 11.3 Å². The SMILES string of the molecule is Cc1ccc(C(=O)N/C(=C\c2ccc(-c3ccc([N+](=O)[O-])cc3)o2)C(=O)N[C@@H]2CCS(=O)(=O)C2)cc1. The molecule has 10 nitrogen and oxygen atoms in total. The number of sulfone groups is 1. The molecule has 3 aromatic rings. The molecule has 1 aromatic heterocycles. The lowest BCUT2D eigenvalue weighted by Crippen LogP contribution is -2.41. The zero-order chi connectivity index (χ0) is 25.9. The van der Waals surface area contributed by atoms with E-state index in [2.05, 4.69) is 10.6 Å². The van der Waals surface area contributed by atoms with E-state index in [9.17, 15) is 28.1 Å². The van der Waals surface area contributed by atoms with E-state index in [0.29, 0.717) is 16.9 Å². The minimum atomic E-state index is -3.21. The van der Waals surface area contributed by atoms with Crippen molar-refractivity contribution in [3.05, 3.63) is 93.4 Å². The molecule has 0 saturated carbocycles. The average Bonchev–Trinajstić information content (AvgIpc) is 3.44. The summed E-state index contributed by atoms with van der Waals surface area (Å²) in [4.78, 5) is 36.2. The van der Waals surface area contributed by atoms with Crippen molar-refractivity contribution in [1.29, 1.82) is 0 Å².